The summed E-state index contributed by atoms with van der Waals surface area (Å²) in [5.74, 6) is 0.952. The quantitative estimate of drug-likeness (QED) is 0.860. The smallest absolute Gasteiger partial charge is 0.220 e. The van der Waals surface area contributed by atoms with Crippen LogP contribution in [0.5, 0.6) is 11.5 Å². The van der Waals surface area contributed by atoms with Gasteiger partial charge in [0.2, 0.25) is 5.91 Å². The number of aryl methyl sites for hydroxylation is 2. The molecule has 0 saturated heterocycles. The van der Waals surface area contributed by atoms with E-state index in [2.05, 4.69) is 10.3 Å². The molecule has 0 aliphatic heterocycles. The lowest BCUT2D eigenvalue weighted by molar-refractivity contribution is -0.121. The number of hydrogen-bond donors (Lipinski definition) is 2. The average Bonchev–Trinajstić information content (AvgIpc) is 2.54. The lowest BCUT2D eigenvalue weighted by Gasteiger charge is -2.13. The molecule has 1 aromatic carbocycles. The zero-order valence-electron chi connectivity index (χ0n) is 13.7. The second-order valence-electron chi connectivity index (χ2n) is 5.45. The molecule has 0 spiro atoms. The third-order valence-electron chi connectivity index (χ3n) is 3.82. The van der Waals surface area contributed by atoms with Gasteiger partial charge in [-0.1, -0.05) is 18.2 Å². The summed E-state index contributed by atoms with van der Waals surface area (Å²) in [6.45, 7) is 4.23. The summed E-state index contributed by atoms with van der Waals surface area (Å²) in [7, 11) is 1.63. The highest BCUT2D eigenvalue weighted by Crippen LogP contribution is 2.23. The van der Waals surface area contributed by atoms with Crippen LogP contribution in [0.1, 0.15) is 28.8 Å². The van der Waals surface area contributed by atoms with Gasteiger partial charge in [0, 0.05) is 23.7 Å². The molecule has 1 aromatic heterocycles. The third-order valence-corrected chi connectivity index (χ3v) is 3.82. The van der Waals surface area contributed by atoms with Crippen LogP contribution in [0.4, 0.5) is 0 Å². The SMILES string of the molecule is COc1c(C)cnc(CNC(=O)CCc2ccccc2O)c1C. The summed E-state index contributed by atoms with van der Waals surface area (Å²) in [6, 6.07) is 7.05. The normalized spacial score (nSPS) is 10.4. The van der Waals surface area contributed by atoms with Gasteiger partial charge in [-0.3, -0.25) is 9.78 Å². The molecule has 0 saturated carbocycles. The number of aromatic nitrogens is 1. The van der Waals surface area contributed by atoms with Crippen LogP contribution in [-0.4, -0.2) is 23.1 Å². The van der Waals surface area contributed by atoms with Crippen molar-refractivity contribution in [3.63, 3.8) is 0 Å². The number of aromatic hydroxyl groups is 1. The molecule has 0 aliphatic carbocycles. The van der Waals surface area contributed by atoms with E-state index in [1.165, 1.54) is 0 Å². The topological polar surface area (TPSA) is 71.5 Å². The number of carbonyl (C=O) groups is 1. The van der Waals surface area contributed by atoms with E-state index in [9.17, 15) is 9.90 Å². The standard InChI is InChI=1S/C18H22N2O3/c1-12-10-19-15(13(2)18(12)23-3)11-20-17(22)9-8-14-6-4-5-7-16(14)21/h4-7,10,21H,8-9,11H2,1-3H3,(H,20,22). The number of carbonyl (C=O) groups excluding carboxylic acids is 1. The molecular formula is C18H22N2O3. The second kappa shape index (κ2) is 7.63. The fraction of sp³-hybridized carbons (Fsp3) is 0.333. The van der Waals surface area contributed by atoms with Gasteiger partial charge >= 0.3 is 0 Å². The lowest BCUT2D eigenvalue weighted by atomic mass is 10.1. The monoisotopic (exact) mass is 314 g/mol. The predicted octanol–water partition coefficient (Wildman–Crippen LogP) is 2.66. The van der Waals surface area contributed by atoms with Gasteiger partial charge in [-0.15, -0.1) is 0 Å². The number of methoxy groups -OCH3 is 1. The van der Waals surface area contributed by atoms with Crippen LogP contribution < -0.4 is 10.1 Å². The Balaban J connectivity index is 1.91. The molecule has 5 nitrogen and oxygen atoms in total. The zero-order chi connectivity index (χ0) is 16.8. The van der Waals surface area contributed by atoms with E-state index in [-0.39, 0.29) is 11.7 Å². The molecule has 122 valence electrons. The van der Waals surface area contributed by atoms with Crippen LogP contribution in [0, 0.1) is 13.8 Å². The fourth-order valence-corrected chi connectivity index (χ4v) is 2.49. The minimum absolute atomic E-state index is 0.0750. The lowest BCUT2D eigenvalue weighted by Crippen LogP contribution is -2.24. The molecule has 0 atom stereocenters. The Labute approximate surface area is 136 Å². The van der Waals surface area contributed by atoms with Crippen LogP contribution in [-0.2, 0) is 17.8 Å². The van der Waals surface area contributed by atoms with E-state index in [4.69, 9.17) is 4.74 Å². The number of phenols is 1. The first-order valence-corrected chi connectivity index (χ1v) is 7.55. The predicted molar refractivity (Wildman–Crippen MR) is 88.5 cm³/mol. The molecular weight excluding hydrogens is 292 g/mol. The van der Waals surface area contributed by atoms with Gasteiger partial charge in [0.05, 0.1) is 19.3 Å². The second-order valence-corrected chi connectivity index (χ2v) is 5.45. The molecule has 5 heteroatoms. The first kappa shape index (κ1) is 16.8. The number of amides is 1. The highest BCUT2D eigenvalue weighted by molar-refractivity contribution is 5.76. The van der Waals surface area contributed by atoms with Gasteiger partial charge in [0.15, 0.2) is 0 Å². The van der Waals surface area contributed by atoms with E-state index >= 15 is 0 Å². The molecule has 0 radical (unpaired) electrons. The van der Waals surface area contributed by atoms with Crippen LogP contribution in [0.2, 0.25) is 0 Å². The fourth-order valence-electron chi connectivity index (χ4n) is 2.49. The number of phenolic OH excluding ortho intramolecular Hbond substituents is 1. The minimum atomic E-state index is -0.0750. The van der Waals surface area contributed by atoms with Crippen molar-refractivity contribution in [2.45, 2.75) is 33.2 Å². The largest absolute Gasteiger partial charge is 0.508 e. The molecule has 2 aromatic rings. The molecule has 0 fully saturated rings. The first-order valence-electron chi connectivity index (χ1n) is 7.55. The van der Waals surface area contributed by atoms with Gasteiger partial charge < -0.3 is 15.2 Å². The number of nitrogens with one attached hydrogen (secondary N) is 1. The maximum absolute atomic E-state index is 12.0. The number of hydrogen-bond acceptors (Lipinski definition) is 4. The van der Waals surface area contributed by atoms with Crippen molar-refractivity contribution in [3.05, 3.63) is 52.8 Å². The maximum Gasteiger partial charge on any atom is 0.220 e. The number of ether oxygens (including phenoxy) is 1. The maximum atomic E-state index is 12.0. The molecule has 23 heavy (non-hydrogen) atoms. The average molecular weight is 314 g/mol. The van der Waals surface area contributed by atoms with Crippen LogP contribution in [0.15, 0.2) is 30.5 Å². The number of rotatable bonds is 6. The molecule has 1 amide bonds. The summed E-state index contributed by atoms with van der Waals surface area (Å²) in [6.07, 6.45) is 2.57. The van der Waals surface area contributed by atoms with Gasteiger partial charge in [-0.05, 0) is 31.9 Å². The van der Waals surface area contributed by atoms with E-state index in [0.29, 0.717) is 19.4 Å². The summed E-state index contributed by atoms with van der Waals surface area (Å²) < 4.78 is 5.36. The molecule has 2 rings (SSSR count). The molecule has 0 aliphatic rings. The van der Waals surface area contributed by atoms with E-state index in [1.807, 2.05) is 26.0 Å². The van der Waals surface area contributed by atoms with Crippen molar-refractivity contribution in [1.29, 1.82) is 0 Å². The molecule has 0 bridgehead atoms. The van der Waals surface area contributed by atoms with Crippen LogP contribution in [0.3, 0.4) is 0 Å². The van der Waals surface area contributed by atoms with Crippen molar-refractivity contribution in [1.82, 2.24) is 10.3 Å². The van der Waals surface area contributed by atoms with Crippen molar-refractivity contribution in [2.75, 3.05) is 7.11 Å². The summed E-state index contributed by atoms with van der Waals surface area (Å²) in [4.78, 5) is 16.3. The third kappa shape index (κ3) is 4.22. The highest BCUT2D eigenvalue weighted by atomic mass is 16.5. The summed E-state index contributed by atoms with van der Waals surface area (Å²) in [5.41, 5.74) is 3.48. The molecule has 0 unspecified atom stereocenters. The number of nitrogens with zero attached hydrogens (tertiary/aromatic N) is 1. The Morgan fingerprint density at radius 3 is 2.74 bits per heavy atom. The summed E-state index contributed by atoms with van der Waals surface area (Å²) >= 11 is 0. The van der Waals surface area contributed by atoms with Crippen molar-refractivity contribution < 1.29 is 14.6 Å². The van der Waals surface area contributed by atoms with Crippen molar-refractivity contribution in [3.8, 4) is 11.5 Å². The number of pyridine rings is 1. The van der Waals surface area contributed by atoms with Gasteiger partial charge in [0.25, 0.3) is 0 Å². The van der Waals surface area contributed by atoms with E-state index in [1.54, 1.807) is 25.4 Å². The van der Waals surface area contributed by atoms with Gasteiger partial charge in [-0.25, -0.2) is 0 Å². The van der Waals surface area contributed by atoms with Gasteiger partial charge in [0.1, 0.15) is 11.5 Å². The van der Waals surface area contributed by atoms with Crippen LogP contribution >= 0.6 is 0 Å². The van der Waals surface area contributed by atoms with Crippen molar-refractivity contribution >= 4 is 5.91 Å². The zero-order valence-corrected chi connectivity index (χ0v) is 13.7. The Morgan fingerprint density at radius 2 is 2.04 bits per heavy atom. The molecule has 2 N–H and O–H groups in total. The molecule has 1 heterocycles. The Hall–Kier alpha value is -2.56. The highest BCUT2D eigenvalue weighted by Gasteiger charge is 2.11. The van der Waals surface area contributed by atoms with Gasteiger partial charge in [-0.2, -0.15) is 0 Å². The first-order chi connectivity index (χ1) is 11.0. The minimum Gasteiger partial charge on any atom is -0.508 e. The van der Waals surface area contributed by atoms with E-state index < -0.39 is 0 Å². The van der Waals surface area contributed by atoms with E-state index in [0.717, 1.165) is 28.1 Å². The van der Waals surface area contributed by atoms with Crippen LogP contribution in [0.25, 0.3) is 0 Å². The summed E-state index contributed by atoms with van der Waals surface area (Å²) in [5, 5.41) is 12.6. The van der Waals surface area contributed by atoms with Crippen molar-refractivity contribution in [2.24, 2.45) is 0 Å². The Bertz CT molecular complexity index is 699. The Kier molecular flexibility index (Phi) is 5.57. The number of para-hydroxylation sites is 1. The number of benzene rings is 1. The Morgan fingerprint density at radius 1 is 1.30 bits per heavy atom.